The third-order valence-corrected chi connectivity index (χ3v) is 8.73. The molecule has 9 nitrogen and oxygen atoms in total. The second kappa shape index (κ2) is 14.0. The maximum Gasteiger partial charge on any atom is 0.315 e. The fourth-order valence-corrected chi connectivity index (χ4v) is 6.55. The molecule has 3 amide bonds. The van der Waals surface area contributed by atoms with E-state index in [9.17, 15) is 19.6 Å². The maximum atomic E-state index is 13.0. The van der Waals surface area contributed by atoms with Crippen LogP contribution in [-0.4, -0.2) is 57.5 Å². The van der Waals surface area contributed by atoms with Crippen molar-refractivity contribution in [2.75, 3.05) is 18.1 Å². The molecular formula is C33H34N6O3S. The van der Waals surface area contributed by atoms with Crippen molar-refractivity contribution in [2.24, 2.45) is 0 Å². The lowest BCUT2D eigenvalue weighted by Gasteiger charge is -2.06. The lowest BCUT2D eigenvalue weighted by Crippen LogP contribution is -2.31. The predicted molar refractivity (Wildman–Crippen MR) is 172 cm³/mol. The summed E-state index contributed by atoms with van der Waals surface area (Å²) in [5.74, 6) is 1.98. The molecule has 3 N–H and O–H groups in total. The summed E-state index contributed by atoms with van der Waals surface area (Å²) in [5.41, 5.74) is 2.82. The van der Waals surface area contributed by atoms with Gasteiger partial charge in [0.25, 0.3) is 0 Å². The van der Waals surface area contributed by atoms with Crippen LogP contribution in [0.2, 0.25) is 0 Å². The Bertz CT molecular complexity index is 1700. The fourth-order valence-electron chi connectivity index (χ4n) is 5.27. The number of nitriles is 1. The molecule has 2 atom stereocenters. The summed E-state index contributed by atoms with van der Waals surface area (Å²) >= 11 is 1.89. The molecule has 2 fully saturated rings. The second-order valence-corrected chi connectivity index (χ2v) is 11.6. The van der Waals surface area contributed by atoms with Crippen LogP contribution in [0.3, 0.4) is 0 Å². The Hall–Kier alpha value is -4.62. The Balaban J connectivity index is 0.000000345. The highest BCUT2D eigenvalue weighted by Crippen LogP contribution is 2.30. The first-order valence-corrected chi connectivity index (χ1v) is 15.6. The Morgan fingerprint density at radius 3 is 2.65 bits per heavy atom. The average molecular weight is 595 g/mol. The van der Waals surface area contributed by atoms with Crippen LogP contribution in [0.5, 0.6) is 0 Å². The van der Waals surface area contributed by atoms with Crippen LogP contribution in [0.4, 0.5) is 4.79 Å². The van der Waals surface area contributed by atoms with Gasteiger partial charge in [-0.15, -0.1) is 0 Å². The van der Waals surface area contributed by atoms with Crippen molar-refractivity contribution >= 4 is 62.9 Å². The van der Waals surface area contributed by atoms with Gasteiger partial charge in [-0.05, 0) is 35.6 Å². The first kappa shape index (κ1) is 29.9. The van der Waals surface area contributed by atoms with Gasteiger partial charge >= 0.3 is 6.03 Å². The number of unbranched alkanes of at least 4 members (excludes halogenated alkanes) is 1. The molecule has 2 saturated heterocycles. The van der Waals surface area contributed by atoms with Gasteiger partial charge in [0.2, 0.25) is 11.8 Å². The summed E-state index contributed by atoms with van der Waals surface area (Å²) in [7, 11) is 0. The van der Waals surface area contributed by atoms with Crippen LogP contribution < -0.4 is 16.0 Å². The normalized spacial score (nSPS) is 17.4. The molecule has 0 aliphatic carbocycles. The molecule has 2 aliphatic rings. The van der Waals surface area contributed by atoms with Crippen molar-refractivity contribution in [3.05, 3.63) is 78.2 Å². The number of amides is 3. The largest absolute Gasteiger partial charge is 0.356 e. The van der Waals surface area contributed by atoms with E-state index in [-0.39, 0.29) is 30.8 Å². The first-order chi connectivity index (χ1) is 21.0. The van der Waals surface area contributed by atoms with E-state index >= 15 is 0 Å². The molecule has 4 heterocycles. The predicted octanol–water partition coefficient (Wildman–Crippen LogP) is 5.37. The molecule has 220 valence electrons. The molecule has 2 aromatic heterocycles. The van der Waals surface area contributed by atoms with Gasteiger partial charge in [-0.25, -0.2) is 4.79 Å². The van der Waals surface area contributed by atoms with Crippen LogP contribution in [-0.2, 0) is 4.79 Å². The molecule has 4 aromatic rings. The van der Waals surface area contributed by atoms with Crippen LogP contribution in [0.15, 0.2) is 67.1 Å². The van der Waals surface area contributed by atoms with Gasteiger partial charge in [0, 0.05) is 65.8 Å². The van der Waals surface area contributed by atoms with E-state index in [1.54, 1.807) is 23.2 Å². The van der Waals surface area contributed by atoms with Crippen molar-refractivity contribution in [3.63, 3.8) is 0 Å². The Morgan fingerprint density at radius 1 is 1.09 bits per heavy atom. The monoisotopic (exact) mass is 594 g/mol. The van der Waals surface area contributed by atoms with Gasteiger partial charge in [-0.2, -0.15) is 17.0 Å². The van der Waals surface area contributed by atoms with Crippen molar-refractivity contribution in [1.29, 1.82) is 5.26 Å². The molecule has 2 aromatic carbocycles. The summed E-state index contributed by atoms with van der Waals surface area (Å²) < 4.78 is 1.58. The van der Waals surface area contributed by atoms with E-state index < -0.39 is 0 Å². The lowest BCUT2D eigenvalue weighted by atomic mass is 10.00. The summed E-state index contributed by atoms with van der Waals surface area (Å²) in [6.07, 6.45) is 9.55. The summed E-state index contributed by atoms with van der Waals surface area (Å²) in [4.78, 5) is 39.7. The number of para-hydroxylation sites is 1. The number of carbonyl (C=O) groups excluding carboxylic acids is 3. The number of benzene rings is 2. The van der Waals surface area contributed by atoms with Crippen molar-refractivity contribution in [3.8, 4) is 6.07 Å². The number of thioether (sulfide) groups is 1. The quantitative estimate of drug-likeness (QED) is 0.186. The molecular weight excluding hydrogens is 560 g/mol. The standard InChI is InChI=1S/C28H26N4O2.C5H8N2OS/c1-2-3-11-27(33)31-15-13-28(34)32-19-25(24-9-4-5-10-26(24)32)22(17-29)16-20-7-6-8-21-18-30-14-12-23(20)21;8-5-6-3-1-9-2-4(3)7-5/h4-10,12,14,16,18-19H,2-3,11,13,15H2,1H3,(H,31,33);3-4H,1-2H2,(H2,6,7,8)/b22-16+;. The molecule has 2 unspecified atom stereocenters. The first-order valence-electron chi connectivity index (χ1n) is 14.5. The maximum absolute atomic E-state index is 13.0. The van der Waals surface area contributed by atoms with Crippen LogP contribution >= 0.6 is 11.8 Å². The van der Waals surface area contributed by atoms with Crippen molar-refractivity contribution < 1.29 is 14.4 Å². The van der Waals surface area contributed by atoms with Gasteiger partial charge in [-0.3, -0.25) is 19.1 Å². The number of allylic oxidation sites excluding steroid dienone is 1. The zero-order valence-electron chi connectivity index (χ0n) is 24.0. The minimum atomic E-state index is -0.133. The third-order valence-electron chi connectivity index (χ3n) is 7.54. The van der Waals surface area contributed by atoms with Crippen LogP contribution in [0.1, 0.15) is 48.5 Å². The number of hydrogen-bond acceptors (Lipinski definition) is 6. The molecule has 2 aliphatic heterocycles. The minimum Gasteiger partial charge on any atom is -0.356 e. The highest BCUT2D eigenvalue weighted by atomic mass is 32.2. The highest BCUT2D eigenvalue weighted by Gasteiger charge is 2.35. The summed E-state index contributed by atoms with van der Waals surface area (Å²) in [5, 5.41) is 21.4. The van der Waals surface area contributed by atoms with Crippen LogP contribution in [0, 0.1) is 11.3 Å². The Kier molecular flexibility index (Phi) is 9.74. The number of hydrogen-bond donors (Lipinski definition) is 3. The number of fused-ring (bicyclic) bond motifs is 3. The fraction of sp³-hybridized carbons (Fsp3) is 0.303. The van der Waals surface area contributed by atoms with Gasteiger partial charge in [0.05, 0.1) is 29.2 Å². The van der Waals surface area contributed by atoms with Gasteiger partial charge in [-0.1, -0.05) is 49.7 Å². The highest BCUT2D eigenvalue weighted by molar-refractivity contribution is 7.99. The van der Waals surface area contributed by atoms with Gasteiger partial charge in [0.1, 0.15) is 0 Å². The average Bonchev–Trinajstić information content (AvgIpc) is 3.72. The van der Waals surface area contributed by atoms with E-state index in [0.29, 0.717) is 29.6 Å². The van der Waals surface area contributed by atoms with Gasteiger partial charge in [0.15, 0.2) is 0 Å². The van der Waals surface area contributed by atoms with E-state index in [4.69, 9.17) is 0 Å². The molecule has 43 heavy (non-hydrogen) atoms. The lowest BCUT2D eigenvalue weighted by molar-refractivity contribution is -0.121. The van der Waals surface area contributed by atoms with Crippen molar-refractivity contribution in [2.45, 2.75) is 44.7 Å². The van der Waals surface area contributed by atoms with Crippen molar-refractivity contribution in [1.82, 2.24) is 25.5 Å². The second-order valence-electron chi connectivity index (χ2n) is 10.5. The zero-order chi connectivity index (χ0) is 30.2. The number of pyridine rings is 1. The minimum absolute atomic E-state index is 0.00491. The van der Waals surface area contributed by atoms with E-state index in [0.717, 1.165) is 51.6 Å². The molecule has 0 spiro atoms. The number of urea groups is 1. The SMILES string of the molecule is CCCCC(=O)NCCC(=O)n1cc(/C(C#N)=C/c2cccc3cnccc23)c2ccccc21.O=C1NC2CSCC2N1. The van der Waals surface area contributed by atoms with Gasteiger partial charge < -0.3 is 16.0 Å². The number of carbonyl (C=O) groups is 3. The number of aromatic nitrogens is 2. The molecule has 6 rings (SSSR count). The third kappa shape index (κ3) is 7.07. The smallest absolute Gasteiger partial charge is 0.315 e. The summed E-state index contributed by atoms with van der Waals surface area (Å²) in [6, 6.07) is 18.5. The number of nitrogens with zero attached hydrogens (tertiary/aromatic N) is 3. The van der Waals surface area contributed by atoms with E-state index in [1.807, 2.05) is 73.3 Å². The van der Waals surface area contributed by atoms with Crippen LogP contribution in [0.25, 0.3) is 33.3 Å². The van der Waals surface area contributed by atoms with E-state index in [1.165, 1.54) is 0 Å². The number of rotatable bonds is 8. The Labute approximate surface area is 254 Å². The van der Waals surface area contributed by atoms with E-state index in [2.05, 4.69) is 27.0 Å². The summed E-state index contributed by atoms with van der Waals surface area (Å²) in [6.45, 7) is 2.32. The molecule has 10 heteroatoms. The Morgan fingerprint density at radius 2 is 1.88 bits per heavy atom. The molecule has 0 saturated carbocycles. The topological polar surface area (TPSA) is 129 Å². The zero-order valence-corrected chi connectivity index (χ0v) is 24.8. The molecule has 0 radical (unpaired) electrons. The molecule has 0 bridgehead atoms. The number of nitrogens with one attached hydrogen (secondary N) is 3.